The second kappa shape index (κ2) is 6.17. The Kier molecular flexibility index (Phi) is 3.86. The van der Waals surface area contributed by atoms with Crippen LogP contribution in [0.2, 0.25) is 0 Å². The zero-order valence-corrected chi connectivity index (χ0v) is 14.1. The fraction of sp³-hybridized carbons (Fsp3) is 0.158. The number of hydrogen-bond donors (Lipinski definition) is 1. The zero-order valence-electron chi connectivity index (χ0n) is 13.3. The van der Waals surface area contributed by atoms with Gasteiger partial charge in [-0.05, 0) is 30.2 Å². The highest BCUT2D eigenvalue weighted by Crippen LogP contribution is 2.45. The van der Waals surface area contributed by atoms with Crippen molar-refractivity contribution >= 4 is 22.6 Å². The van der Waals surface area contributed by atoms with Crippen molar-refractivity contribution < 1.29 is 5.11 Å². The minimum absolute atomic E-state index is 0.155. The molecule has 0 radical (unpaired) electrons. The van der Waals surface area contributed by atoms with Crippen molar-refractivity contribution in [3.8, 4) is 5.75 Å². The molecule has 24 heavy (non-hydrogen) atoms. The maximum Gasteiger partial charge on any atom is 0.156 e. The lowest BCUT2D eigenvalue weighted by molar-refractivity contribution is 0.475. The summed E-state index contributed by atoms with van der Waals surface area (Å²) in [4.78, 5) is 4.73. The van der Waals surface area contributed by atoms with Gasteiger partial charge in [-0.3, -0.25) is 0 Å². The van der Waals surface area contributed by atoms with Gasteiger partial charge >= 0.3 is 0 Å². The molecule has 1 aromatic heterocycles. The van der Waals surface area contributed by atoms with Crippen molar-refractivity contribution in [2.75, 3.05) is 0 Å². The molecule has 1 aliphatic rings. The Hall–Kier alpha value is -2.53. The third kappa shape index (κ3) is 2.83. The normalized spacial score (nSPS) is 16.5. The van der Waals surface area contributed by atoms with Crippen LogP contribution >= 0.6 is 11.8 Å². The quantitative estimate of drug-likeness (QED) is 0.765. The van der Waals surface area contributed by atoms with Crippen LogP contribution in [0.4, 0.5) is 5.82 Å². The van der Waals surface area contributed by atoms with E-state index < -0.39 is 0 Å². The summed E-state index contributed by atoms with van der Waals surface area (Å²) in [5.74, 6) is 1.21. The summed E-state index contributed by atoms with van der Waals surface area (Å²) in [6.07, 6.45) is 1.92. The molecule has 1 aliphatic heterocycles. The Bertz CT molecular complexity index is 885. The zero-order chi connectivity index (χ0) is 16.5. The summed E-state index contributed by atoms with van der Waals surface area (Å²) in [5.41, 5.74) is 3.47. The van der Waals surface area contributed by atoms with Crippen LogP contribution in [0.15, 0.2) is 65.8 Å². The molecule has 0 fully saturated rings. The van der Waals surface area contributed by atoms with Crippen molar-refractivity contribution in [3.05, 3.63) is 77.5 Å². The molecule has 2 aromatic carbocycles. The molecule has 0 bridgehead atoms. The van der Waals surface area contributed by atoms with E-state index in [1.807, 2.05) is 48.1 Å². The van der Waals surface area contributed by atoms with E-state index in [2.05, 4.69) is 17.2 Å². The summed E-state index contributed by atoms with van der Waals surface area (Å²) in [5, 5.41) is 15.3. The van der Waals surface area contributed by atoms with Gasteiger partial charge in [0.15, 0.2) is 5.82 Å². The smallest absolute Gasteiger partial charge is 0.156 e. The average Bonchev–Trinajstić information content (AvgIpc) is 2.99. The number of phenols is 1. The number of aromatic nitrogens is 2. The van der Waals surface area contributed by atoms with Crippen LogP contribution in [0.3, 0.4) is 0 Å². The van der Waals surface area contributed by atoms with E-state index in [1.165, 1.54) is 5.56 Å². The maximum atomic E-state index is 9.52. The summed E-state index contributed by atoms with van der Waals surface area (Å²) < 4.78 is 1.96. The van der Waals surface area contributed by atoms with Crippen LogP contribution in [-0.2, 0) is 6.54 Å². The van der Waals surface area contributed by atoms with E-state index in [9.17, 15) is 5.11 Å². The number of phenolic OH excluding ortho intramolecular Hbond substituents is 1. The molecule has 4 rings (SSSR count). The first-order chi connectivity index (χ1) is 11.7. The van der Waals surface area contributed by atoms with Crippen molar-refractivity contribution in [2.45, 2.75) is 18.7 Å². The van der Waals surface area contributed by atoms with E-state index in [0.29, 0.717) is 6.54 Å². The second-order valence-corrected chi connectivity index (χ2v) is 7.08. The lowest BCUT2D eigenvalue weighted by atomic mass is 10.1. The number of benzene rings is 2. The minimum Gasteiger partial charge on any atom is -0.508 e. The van der Waals surface area contributed by atoms with E-state index in [-0.39, 0.29) is 11.0 Å². The SMILES string of the molecule is CC1=Nc2c(cnn2Cc2ccccc2)[C@@H](c2ccc(O)cc2)S1. The van der Waals surface area contributed by atoms with E-state index >= 15 is 0 Å². The Morgan fingerprint density at radius 3 is 2.58 bits per heavy atom. The highest BCUT2D eigenvalue weighted by atomic mass is 32.2. The van der Waals surface area contributed by atoms with Gasteiger partial charge in [-0.15, -0.1) is 0 Å². The monoisotopic (exact) mass is 335 g/mol. The molecule has 0 saturated carbocycles. The molecule has 0 amide bonds. The molecule has 0 saturated heterocycles. The van der Waals surface area contributed by atoms with Crippen molar-refractivity contribution in [1.82, 2.24) is 9.78 Å². The van der Waals surface area contributed by atoms with E-state index in [0.717, 1.165) is 22.0 Å². The lowest BCUT2D eigenvalue weighted by Gasteiger charge is -2.21. The first kappa shape index (κ1) is 15.0. The Balaban J connectivity index is 1.72. The molecule has 0 spiro atoms. The number of fused-ring (bicyclic) bond motifs is 1. The highest BCUT2D eigenvalue weighted by molar-refractivity contribution is 8.14. The molecule has 3 aromatic rings. The minimum atomic E-state index is 0.155. The van der Waals surface area contributed by atoms with Gasteiger partial charge in [0, 0.05) is 5.56 Å². The van der Waals surface area contributed by atoms with Crippen LogP contribution in [0.25, 0.3) is 0 Å². The predicted octanol–water partition coefficient (Wildman–Crippen LogP) is 4.52. The number of thioether (sulfide) groups is 1. The number of hydrogen-bond acceptors (Lipinski definition) is 4. The van der Waals surface area contributed by atoms with Crippen LogP contribution < -0.4 is 0 Å². The number of nitrogens with zero attached hydrogens (tertiary/aromatic N) is 3. The number of aromatic hydroxyl groups is 1. The molecule has 1 N–H and O–H groups in total. The summed E-state index contributed by atoms with van der Waals surface area (Å²) in [6, 6.07) is 17.7. The summed E-state index contributed by atoms with van der Waals surface area (Å²) in [7, 11) is 0. The van der Waals surface area contributed by atoms with Crippen LogP contribution in [0.5, 0.6) is 5.75 Å². The maximum absolute atomic E-state index is 9.52. The van der Waals surface area contributed by atoms with Gasteiger partial charge in [-0.1, -0.05) is 54.2 Å². The van der Waals surface area contributed by atoms with Gasteiger partial charge in [0.05, 0.1) is 23.0 Å². The van der Waals surface area contributed by atoms with Gasteiger partial charge in [-0.2, -0.15) is 5.10 Å². The van der Waals surface area contributed by atoms with E-state index in [4.69, 9.17) is 4.99 Å². The van der Waals surface area contributed by atoms with Crippen molar-refractivity contribution in [2.24, 2.45) is 4.99 Å². The van der Waals surface area contributed by atoms with Gasteiger partial charge in [0.1, 0.15) is 5.75 Å². The largest absolute Gasteiger partial charge is 0.508 e. The van der Waals surface area contributed by atoms with Gasteiger partial charge in [-0.25, -0.2) is 9.67 Å². The molecule has 4 nitrogen and oxygen atoms in total. The molecule has 5 heteroatoms. The predicted molar refractivity (Wildman–Crippen MR) is 98.1 cm³/mol. The molecule has 0 unspecified atom stereocenters. The standard InChI is InChI=1S/C19H17N3OS/c1-13-21-19-17(18(24-13)15-7-9-16(23)10-8-15)11-20-22(19)12-14-5-3-2-4-6-14/h2-11,18,23H,12H2,1H3/t18-/m1/s1. The Morgan fingerprint density at radius 2 is 1.83 bits per heavy atom. The van der Waals surface area contributed by atoms with Gasteiger partial charge in [0.25, 0.3) is 0 Å². The van der Waals surface area contributed by atoms with Crippen molar-refractivity contribution in [1.29, 1.82) is 0 Å². The average molecular weight is 335 g/mol. The molecule has 1 atom stereocenters. The molecular formula is C19H17N3OS. The highest BCUT2D eigenvalue weighted by Gasteiger charge is 2.27. The first-order valence-corrected chi connectivity index (χ1v) is 8.69. The van der Waals surface area contributed by atoms with E-state index in [1.54, 1.807) is 23.9 Å². The van der Waals surface area contributed by atoms with Crippen LogP contribution in [-0.4, -0.2) is 19.9 Å². The topological polar surface area (TPSA) is 50.4 Å². The molecular weight excluding hydrogens is 318 g/mol. The third-order valence-electron chi connectivity index (χ3n) is 4.04. The summed E-state index contributed by atoms with van der Waals surface area (Å²) >= 11 is 1.72. The van der Waals surface area contributed by atoms with Gasteiger partial charge in [0.2, 0.25) is 0 Å². The molecule has 0 aliphatic carbocycles. The summed E-state index contributed by atoms with van der Waals surface area (Å²) in [6.45, 7) is 2.74. The number of rotatable bonds is 3. The fourth-order valence-electron chi connectivity index (χ4n) is 2.88. The molecule has 2 heterocycles. The van der Waals surface area contributed by atoms with Crippen LogP contribution in [0, 0.1) is 0 Å². The first-order valence-electron chi connectivity index (χ1n) is 7.81. The number of aliphatic imine (C=N–C) groups is 1. The van der Waals surface area contributed by atoms with Gasteiger partial charge < -0.3 is 5.11 Å². The second-order valence-electron chi connectivity index (χ2n) is 5.79. The van der Waals surface area contributed by atoms with Crippen molar-refractivity contribution in [3.63, 3.8) is 0 Å². The third-order valence-corrected chi connectivity index (χ3v) is 5.24. The lowest BCUT2D eigenvalue weighted by Crippen LogP contribution is -2.07. The molecule has 120 valence electrons. The Labute approximate surface area is 144 Å². The Morgan fingerprint density at radius 1 is 1.08 bits per heavy atom. The fourth-order valence-corrected chi connectivity index (χ4v) is 3.95. The van der Waals surface area contributed by atoms with Crippen LogP contribution in [0.1, 0.15) is 28.9 Å².